The molecule has 3 fully saturated rings. The lowest BCUT2D eigenvalue weighted by atomic mass is 9.60. The zero-order valence-electron chi connectivity index (χ0n) is 18.4. The summed E-state index contributed by atoms with van der Waals surface area (Å²) in [5, 5.41) is 0. The lowest BCUT2D eigenvalue weighted by molar-refractivity contribution is 0.0970. The van der Waals surface area contributed by atoms with Crippen LogP contribution in [0, 0.1) is 22.7 Å². The van der Waals surface area contributed by atoms with E-state index in [1.165, 1.54) is 51.0 Å². The number of para-hydroxylation sites is 1. The van der Waals surface area contributed by atoms with Crippen LogP contribution in [-0.2, 0) is 0 Å². The monoisotopic (exact) mass is 402 g/mol. The molecule has 0 amide bonds. The summed E-state index contributed by atoms with van der Waals surface area (Å²) < 4.78 is 0. The molecule has 0 radical (unpaired) electrons. The van der Waals surface area contributed by atoms with Gasteiger partial charge in [-0.2, -0.15) is 0 Å². The van der Waals surface area contributed by atoms with Gasteiger partial charge in [0.2, 0.25) is 0 Å². The summed E-state index contributed by atoms with van der Waals surface area (Å²) >= 11 is 6.02. The second kappa shape index (κ2) is 7.84. The third-order valence-corrected chi connectivity index (χ3v) is 7.80. The van der Waals surface area contributed by atoms with E-state index in [2.05, 4.69) is 61.8 Å². The fraction of sp³-hybridized carbons (Fsp3) is 0.760. The molecule has 1 aliphatic heterocycles. The van der Waals surface area contributed by atoms with Crippen molar-refractivity contribution in [3.05, 3.63) is 29.8 Å². The number of rotatable bonds is 5. The third-order valence-electron chi connectivity index (χ3n) is 7.40. The standard InChI is InChI=1S/C25H39ClN2/c1-24(2)14-21(15-25(3,4)18-24)22-7-5-6-8-23(22)28-11-9-27(10-12-28)17-20-13-19(20)16-26/h5-8,19-21H,9-18H2,1-4H3/t19-,20-/m0/s1. The topological polar surface area (TPSA) is 6.48 Å². The first kappa shape index (κ1) is 20.5. The van der Waals surface area contributed by atoms with Crippen molar-refractivity contribution < 1.29 is 0 Å². The van der Waals surface area contributed by atoms with Gasteiger partial charge < -0.3 is 4.90 Å². The summed E-state index contributed by atoms with van der Waals surface area (Å²) in [6.07, 6.45) is 5.31. The number of alkyl halides is 1. The maximum absolute atomic E-state index is 6.02. The molecule has 0 unspecified atom stereocenters. The van der Waals surface area contributed by atoms with Crippen LogP contribution in [0.2, 0.25) is 0 Å². The smallest absolute Gasteiger partial charge is 0.0402 e. The van der Waals surface area contributed by atoms with Crippen LogP contribution < -0.4 is 4.90 Å². The largest absolute Gasteiger partial charge is 0.369 e. The van der Waals surface area contributed by atoms with Gasteiger partial charge in [0.25, 0.3) is 0 Å². The molecule has 3 aliphatic rings. The van der Waals surface area contributed by atoms with Crippen LogP contribution in [0.15, 0.2) is 24.3 Å². The van der Waals surface area contributed by atoms with Crippen molar-refractivity contribution in [2.75, 3.05) is 43.5 Å². The van der Waals surface area contributed by atoms with Crippen LogP contribution in [0.1, 0.15) is 64.9 Å². The third kappa shape index (κ3) is 4.70. The number of halogens is 1. The van der Waals surface area contributed by atoms with E-state index in [4.69, 9.17) is 11.6 Å². The second-order valence-corrected chi connectivity index (χ2v) is 11.7. The Kier molecular flexibility index (Phi) is 5.75. The Morgan fingerprint density at radius 1 is 0.929 bits per heavy atom. The van der Waals surface area contributed by atoms with Crippen LogP contribution in [0.5, 0.6) is 0 Å². The molecule has 2 aliphatic carbocycles. The highest BCUT2D eigenvalue weighted by molar-refractivity contribution is 6.18. The van der Waals surface area contributed by atoms with Gasteiger partial charge in [0.15, 0.2) is 0 Å². The van der Waals surface area contributed by atoms with Gasteiger partial charge in [0.1, 0.15) is 0 Å². The zero-order valence-corrected chi connectivity index (χ0v) is 19.1. The predicted octanol–water partition coefficient (Wildman–Crippen LogP) is 6.00. The highest BCUT2D eigenvalue weighted by Gasteiger charge is 2.40. The SMILES string of the molecule is CC1(C)CC(c2ccccc2N2CCN(C[C@@H]3C[C@H]3CCl)CC2)CC(C)(C)C1. The lowest BCUT2D eigenvalue weighted by Crippen LogP contribution is -2.47. The van der Waals surface area contributed by atoms with E-state index in [1.807, 2.05) is 0 Å². The average Bonchev–Trinajstić information content (AvgIpc) is 3.38. The molecule has 1 aromatic rings. The van der Waals surface area contributed by atoms with E-state index < -0.39 is 0 Å². The van der Waals surface area contributed by atoms with Crippen molar-refractivity contribution in [2.24, 2.45) is 22.7 Å². The Hall–Kier alpha value is -0.730. The Labute approximate surface area is 177 Å². The molecule has 0 spiro atoms. The van der Waals surface area contributed by atoms with Gasteiger partial charge >= 0.3 is 0 Å². The zero-order chi connectivity index (χ0) is 19.9. The van der Waals surface area contributed by atoms with Gasteiger partial charge in [0.05, 0.1) is 0 Å². The minimum atomic E-state index is 0.432. The minimum absolute atomic E-state index is 0.432. The molecule has 156 valence electrons. The molecule has 2 saturated carbocycles. The fourth-order valence-electron chi connectivity index (χ4n) is 6.41. The molecule has 3 heteroatoms. The van der Waals surface area contributed by atoms with Crippen LogP contribution >= 0.6 is 11.6 Å². The Balaban J connectivity index is 1.44. The number of anilines is 1. The van der Waals surface area contributed by atoms with Gasteiger partial charge in [-0.25, -0.2) is 0 Å². The first-order valence-electron chi connectivity index (χ1n) is 11.4. The molecule has 1 saturated heterocycles. The van der Waals surface area contributed by atoms with Crippen molar-refractivity contribution in [3.8, 4) is 0 Å². The predicted molar refractivity (Wildman–Crippen MR) is 122 cm³/mol. The molecule has 0 bridgehead atoms. The molecule has 28 heavy (non-hydrogen) atoms. The summed E-state index contributed by atoms with van der Waals surface area (Å²) in [6.45, 7) is 15.8. The number of benzene rings is 1. The van der Waals surface area contributed by atoms with Crippen molar-refractivity contribution in [1.82, 2.24) is 4.90 Å². The number of piperazine rings is 1. The summed E-state index contributed by atoms with van der Waals surface area (Å²) in [4.78, 5) is 5.33. The van der Waals surface area contributed by atoms with Crippen molar-refractivity contribution in [2.45, 2.75) is 59.3 Å². The molecule has 0 aromatic heterocycles. The van der Waals surface area contributed by atoms with Gasteiger partial charge in [0, 0.05) is 44.3 Å². The van der Waals surface area contributed by atoms with E-state index in [0.29, 0.717) is 16.7 Å². The minimum Gasteiger partial charge on any atom is -0.369 e. The fourth-order valence-corrected chi connectivity index (χ4v) is 6.79. The molecule has 2 atom stereocenters. The van der Waals surface area contributed by atoms with Crippen LogP contribution in [0.25, 0.3) is 0 Å². The van der Waals surface area contributed by atoms with Gasteiger partial charge in [-0.15, -0.1) is 11.6 Å². The van der Waals surface area contributed by atoms with Gasteiger partial charge in [-0.3, -0.25) is 4.90 Å². The van der Waals surface area contributed by atoms with Crippen LogP contribution in [0.4, 0.5) is 5.69 Å². The molecular weight excluding hydrogens is 364 g/mol. The van der Waals surface area contributed by atoms with E-state index >= 15 is 0 Å². The molecule has 0 N–H and O–H groups in total. The molecule has 4 rings (SSSR count). The summed E-state index contributed by atoms with van der Waals surface area (Å²) in [5.41, 5.74) is 3.97. The Morgan fingerprint density at radius 2 is 1.57 bits per heavy atom. The van der Waals surface area contributed by atoms with E-state index in [0.717, 1.165) is 30.8 Å². The number of hydrogen-bond acceptors (Lipinski definition) is 2. The highest BCUT2D eigenvalue weighted by Crippen LogP contribution is 2.53. The summed E-state index contributed by atoms with van der Waals surface area (Å²) in [6, 6.07) is 9.28. The molecular formula is C25H39ClN2. The molecule has 1 heterocycles. The van der Waals surface area contributed by atoms with Crippen molar-refractivity contribution in [1.29, 1.82) is 0 Å². The van der Waals surface area contributed by atoms with Crippen molar-refractivity contribution in [3.63, 3.8) is 0 Å². The summed E-state index contributed by atoms with van der Waals surface area (Å²) in [7, 11) is 0. The van der Waals surface area contributed by atoms with E-state index in [-0.39, 0.29) is 0 Å². The van der Waals surface area contributed by atoms with Crippen LogP contribution in [-0.4, -0.2) is 43.5 Å². The van der Waals surface area contributed by atoms with Gasteiger partial charge in [-0.1, -0.05) is 45.9 Å². The maximum atomic E-state index is 6.02. The lowest BCUT2D eigenvalue weighted by Gasteiger charge is -2.46. The average molecular weight is 403 g/mol. The quantitative estimate of drug-likeness (QED) is 0.557. The highest BCUT2D eigenvalue weighted by atomic mass is 35.5. The molecule has 1 aromatic carbocycles. The first-order chi connectivity index (χ1) is 13.3. The van der Waals surface area contributed by atoms with Crippen molar-refractivity contribution >= 4 is 17.3 Å². The van der Waals surface area contributed by atoms with E-state index in [9.17, 15) is 0 Å². The first-order valence-corrected chi connectivity index (χ1v) is 11.9. The maximum Gasteiger partial charge on any atom is 0.0402 e. The van der Waals surface area contributed by atoms with E-state index in [1.54, 1.807) is 5.56 Å². The number of nitrogens with zero attached hydrogens (tertiary/aromatic N) is 2. The Bertz CT molecular complexity index is 659. The number of hydrogen-bond donors (Lipinski definition) is 0. The second-order valence-electron chi connectivity index (χ2n) is 11.4. The van der Waals surface area contributed by atoms with Crippen LogP contribution in [0.3, 0.4) is 0 Å². The summed E-state index contributed by atoms with van der Waals surface area (Å²) in [5.74, 6) is 3.19. The Morgan fingerprint density at radius 3 is 2.18 bits per heavy atom. The normalized spacial score (nSPS) is 30.4. The molecule has 2 nitrogen and oxygen atoms in total. The van der Waals surface area contributed by atoms with Gasteiger partial charge in [-0.05, 0) is 65.9 Å².